The topological polar surface area (TPSA) is 52.7 Å². The number of hydrogen-bond donors (Lipinski definition) is 1. The van der Waals surface area contributed by atoms with E-state index in [1.165, 1.54) is 0 Å². The van der Waals surface area contributed by atoms with Gasteiger partial charge in [0.25, 0.3) is 0 Å². The summed E-state index contributed by atoms with van der Waals surface area (Å²) in [5, 5.41) is 3.45. The van der Waals surface area contributed by atoms with Crippen molar-refractivity contribution in [2.24, 2.45) is 5.92 Å². The monoisotopic (exact) mass is 337 g/mol. The molecule has 2 rings (SSSR count). The number of hydrogen-bond acceptors (Lipinski definition) is 2. The fraction of sp³-hybridized carbons (Fsp3) is 0.529. The van der Waals surface area contributed by atoms with E-state index in [1.54, 1.807) is 30.0 Å². The number of likely N-dealkylation sites (tertiary alicyclic amines) is 1. The van der Waals surface area contributed by atoms with Crippen molar-refractivity contribution in [1.82, 2.24) is 9.80 Å². The zero-order valence-corrected chi connectivity index (χ0v) is 14.7. The van der Waals surface area contributed by atoms with Gasteiger partial charge in [0, 0.05) is 33.6 Å². The maximum atomic E-state index is 12.4. The summed E-state index contributed by atoms with van der Waals surface area (Å²) in [5.74, 6) is 0.510. The van der Waals surface area contributed by atoms with Crippen molar-refractivity contribution in [3.8, 4) is 0 Å². The minimum Gasteiger partial charge on any atom is -0.349 e. The van der Waals surface area contributed by atoms with E-state index in [1.807, 2.05) is 19.1 Å². The average Bonchev–Trinajstić information content (AvgIpc) is 2.51. The van der Waals surface area contributed by atoms with Crippen molar-refractivity contribution in [2.75, 3.05) is 32.5 Å². The lowest BCUT2D eigenvalue weighted by molar-refractivity contribution is -0.129. The van der Waals surface area contributed by atoms with Gasteiger partial charge in [-0.25, -0.2) is 4.79 Å². The molecule has 1 fully saturated rings. The van der Waals surface area contributed by atoms with E-state index in [9.17, 15) is 9.59 Å². The third kappa shape index (κ3) is 4.61. The summed E-state index contributed by atoms with van der Waals surface area (Å²) in [5.41, 5.74) is 1.61. The number of carbonyl (C=O) groups is 2. The van der Waals surface area contributed by atoms with E-state index in [2.05, 4.69) is 5.32 Å². The largest absolute Gasteiger partial charge is 0.349 e. The molecule has 1 aliphatic rings. The Morgan fingerprint density at radius 3 is 2.52 bits per heavy atom. The first-order chi connectivity index (χ1) is 10.9. The van der Waals surface area contributed by atoms with Gasteiger partial charge < -0.3 is 15.1 Å². The van der Waals surface area contributed by atoms with E-state index in [-0.39, 0.29) is 11.9 Å². The van der Waals surface area contributed by atoms with Crippen molar-refractivity contribution < 1.29 is 9.59 Å². The van der Waals surface area contributed by atoms with Crippen molar-refractivity contribution in [3.63, 3.8) is 0 Å². The zero-order chi connectivity index (χ0) is 17.0. The summed E-state index contributed by atoms with van der Waals surface area (Å²) in [6.45, 7) is 3.25. The smallest absolute Gasteiger partial charge is 0.321 e. The van der Waals surface area contributed by atoms with Gasteiger partial charge in [0.1, 0.15) is 0 Å². The molecule has 0 aromatic heterocycles. The Balaban J connectivity index is 1.88. The van der Waals surface area contributed by atoms with E-state index < -0.39 is 0 Å². The molecule has 0 spiro atoms. The number of nitrogens with one attached hydrogen (secondary N) is 1. The number of halogens is 1. The summed E-state index contributed by atoms with van der Waals surface area (Å²) < 4.78 is 0. The fourth-order valence-electron chi connectivity index (χ4n) is 2.75. The minimum absolute atomic E-state index is 0.126. The van der Waals surface area contributed by atoms with Gasteiger partial charge >= 0.3 is 6.03 Å². The first-order valence-corrected chi connectivity index (χ1v) is 8.27. The molecular formula is C17H24ClN3O2. The number of amides is 3. The number of urea groups is 1. The molecule has 0 bridgehead atoms. The highest BCUT2D eigenvalue weighted by atomic mass is 35.5. The standard InChI is InChI=1S/C17H24ClN3O2/c1-12-5-4-6-14(18)16(12)19-17(23)21-9-7-13(8-10-21)11-15(22)20(2)3/h4-6,13H,7-11H2,1-3H3,(H,19,23). The molecule has 1 aliphatic heterocycles. The number of nitrogens with zero attached hydrogens (tertiary/aromatic N) is 2. The molecule has 0 radical (unpaired) electrons. The third-order valence-corrected chi connectivity index (χ3v) is 4.63. The maximum absolute atomic E-state index is 12.4. The highest BCUT2D eigenvalue weighted by molar-refractivity contribution is 6.33. The number of para-hydroxylation sites is 1. The first-order valence-electron chi connectivity index (χ1n) is 7.89. The summed E-state index contributed by atoms with van der Waals surface area (Å²) in [4.78, 5) is 27.6. The van der Waals surface area contributed by atoms with Gasteiger partial charge in [0.2, 0.25) is 5.91 Å². The summed E-state index contributed by atoms with van der Waals surface area (Å²) >= 11 is 6.15. The van der Waals surface area contributed by atoms with Gasteiger partial charge in [-0.05, 0) is 37.3 Å². The van der Waals surface area contributed by atoms with E-state index in [4.69, 9.17) is 11.6 Å². The van der Waals surface area contributed by atoms with Crippen LogP contribution in [0.1, 0.15) is 24.8 Å². The van der Waals surface area contributed by atoms with Crippen LogP contribution in [0.25, 0.3) is 0 Å². The number of piperidine rings is 1. The molecule has 0 aliphatic carbocycles. The van der Waals surface area contributed by atoms with Crippen LogP contribution >= 0.6 is 11.6 Å². The van der Waals surface area contributed by atoms with Crippen LogP contribution in [0.2, 0.25) is 5.02 Å². The number of anilines is 1. The second-order valence-corrected chi connectivity index (χ2v) is 6.69. The molecule has 1 N–H and O–H groups in total. The van der Waals surface area contributed by atoms with Crippen molar-refractivity contribution >= 4 is 29.2 Å². The second-order valence-electron chi connectivity index (χ2n) is 6.28. The Labute approximate surface area is 142 Å². The Morgan fingerprint density at radius 2 is 1.96 bits per heavy atom. The molecule has 1 aromatic carbocycles. The van der Waals surface area contributed by atoms with Gasteiger partial charge in [-0.3, -0.25) is 4.79 Å². The number of aryl methyl sites for hydroxylation is 1. The molecule has 1 saturated heterocycles. The van der Waals surface area contributed by atoms with Gasteiger partial charge in [0.05, 0.1) is 10.7 Å². The summed E-state index contributed by atoms with van der Waals surface area (Å²) in [6, 6.07) is 5.42. The van der Waals surface area contributed by atoms with Crippen LogP contribution in [0.15, 0.2) is 18.2 Å². The van der Waals surface area contributed by atoms with Crippen LogP contribution in [0.5, 0.6) is 0 Å². The van der Waals surface area contributed by atoms with Crippen LogP contribution in [0, 0.1) is 12.8 Å². The third-order valence-electron chi connectivity index (χ3n) is 4.32. The lowest BCUT2D eigenvalue weighted by Crippen LogP contribution is -2.42. The maximum Gasteiger partial charge on any atom is 0.321 e. The highest BCUT2D eigenvalue weighted by Gasteiger charge is 2.25. The average molecular weight is 338 g/mol. The van der Waals surface area contributed by atoms with Crippen molar-refractivity contribution in [1.29, 1.82) is 0 Å². The van der Waals surface area contributed by atoms with Crippen LogP contribution < -0.4 is 5.32 Å². The van der Waals surface area contributed by atoms with E-state index in [0.29, 0.717) is 36.1 Å². The first kappa shape index (κ1) is 17.6. The quantitative estimate of drug-likeness (QED) is 0.919. The number of benzene rings is 1. The molecule has 3 amide bonds. The van der Waals surface area contributed by atoms with Gasteiger partial charge in [-0.2, -0.15) is 0 Å². The van der Waals surface area contributed by atoms with E-state index >= 15 is 0 Å². The number of carbonyl (C=O) groups excluding carboxylic acids is 2. The Morgan fingerprint density at radius 1 is 1.30 bits per heavy atom. The van der Waals surface area contributed by atoms with Crippen LogP contribution in [-0.4, -0.2) is 48.9 Å². The molecule has 23 heavy (non-hydrogen) atoms. The Hall–Kier alpha value is -1.75. The van der Waals surface area contributed by atoms with E-state index in [0.717, 1.165) is 18.4 Å². The predicted octanol–water partition coefficient (Wildman–Crippen LogP) is 3.37. The van der Waals surface area contributed by atoms with Crippen LogP contribution in [-0.2, 0) is 4.79 Å². The van der Waals surface area contributed by atoms with Gasteiger partial charge in [-0.15, -0.1) is 0 Å². The minimum atomic E-state index is -0.126. The normalized spacial score (nSPS) is 15.4. The fourth-order valence-corrected chi connectivity index (χ4v) is 3.01. The molecule has 1 heterocycles. The molecule has 0 atom stereocenters. The van der Waals surface area contributed by atoms with Crippen LogP contribution in [0.4, 0.5) is 10.5 Å². The molecule has 6 heteroatoms. The molecule has 0 saturated carbocycles. The molecule has 5 nitrogen and oxygen atoms in total. The summed E-state index contributed by atoms with van der Waals surface area (Å²) in [7, 11) is 3.55. The second kappa shape index (κ2) is 7.68. The summed E-state index contributed by atoms with van der Waals surface area (Å²) in [6.07, 6.45) is 2.27. The Kier molecular flexibility index (Phi) is 5.88. The van der Waals surface area contributed by atoms with Crippen molar-refractivity contribution in [2.45, 2.75) is 26.2 Å². The molecule has 126 valence electrons. The lowest BCUT2D eigenvalue weighted by atomic mass is 9.93. The van der Waals surface area contributed by atoms with Gasteiger partial charge in [-0.1, -0.05) is 23.7 Å². The SMILES string of the molecule is Cc1cccc(Cl)c1NC(=O)N1CCC(CC(=O)N(C)C)CC1. The van der Waals surface area contributed by atoms with Gasteiger partial charge in [0.15, 0.2) is 0 Å². The highest BCUT2D eigenvalue weighted by Crippen LogP contribution is 2.27. The lowest BCUT2D eigenvalue weighted by Gasteiger charge is -2.32. The molecular weight excluding hydrogens is 314 g/mol. The Bertz CT molecular complexity index is 561. The number of rotatable bonds is 3. The van der Waals surface area contributed by atoms with Crippen LogP contribution in [0.3, 0.4) is 0 Å². The molecule has 1 aromatic rings. The zero-order valence-electron chi connectivity index (χ0n) is 13.9. The van der Waals surface area contributed by atoms with Crippen molar-refractivity contribution in [3.05, 3.63) is 28.8 Å². The predicted molar refractivity (Wildman–Crippen MR) is 92.8 cm³/mol. The molecule has 0 unspecified atom stereocenters.